The summed E-state index contributed by atoms with van der Waals surface area (Å²) in [6.07, 6.45) is -14.6. The second kappa shape index (κ2) is 11.5. The minimum absolute atomic E-state index is 0.00620. The molecule has 2 aromatic rings. The third-order valence-corrected chi connectivity index (χ3v) is 5.79. The van der Waals surface area contributed by atoms with E-state index in [1.165, 1.54) is 23.1 Å². The maximum absolute atomic E-state index is 13.5. The molecule has 2 aromatic carbocycles. The van der Waals surface area contributed by atoms with E-state index in [1.807, 2.05) is 6.07 Å². The number of para-hydroxylation sites is 2. The fourth-order valence-electron chi connectivity index (χ4n) is 4.06. The molecule has 11 heteroatoms. The lowest BCUT2D eigenvalue weighted by Crippen LogP contribution is -2.48. The molecule has 194 valence electrons. The van der Waals surface area contributed by atoms with Crippen LogP contribution in [-0.4, -0.2) is 53.5 Å². The van der Waals surface area contributed by atoms with Gasteiger partial charge >= 0.3 is 18.7 Å². The van der Waals surface area contributed by atoms with Crippen molar-refractivity contribution >= 4 is 0 Å². The average molecular weight is 509 g/mol. The second-order valence-corrected chi connectivity index (χ2v) is 8.43. The number of aliphatic hydroxyl groups excluding tert-OH is 1. The number of ether oxygens (including phenoxy) is 2. The first-order valence-corrected chi connectivity index (χ1v) is 11.1. The number of hydrogen-bond donors (Lipinski definition) is 1. The summed E-state index contributed by atoms with van der Waals surface area (Å²) in [5.74, 6) is 0.0326. The van der Waals surface area contributed by atoms with Crippen LogP contribution in [0, 0.1) is 0 Å². The van der Waals surface area contributed by atoms with Crippen LogP contribution in [0.2, 0.25) is 0 Å². The maximum Gasteiger partial charge on any atom is 0.461 e. The molecule has 1 fully saturated rings. The quantitative estimate of drug-likeness (QED) is 0.397. The Morgan fingerprint density at radius 1 is 0.943 bits per heavy atom. The molecule has 0 heterocycles. The van der Waals surface area contributed by atoms with E-state index in [0.717, 1.165) is 6.07 Å². The Labute approximate surface area is 198 Å². The number of aliphatic hydroxyl groups is 1. The van der Waals surface area contributed by atoms with Crippen LogP contribution in [0.3, 0.4) is 0 Å². The van der Waals surface area contributed by atoms with E-state index < -0.39 is 43.2 Å². The predicted octanol–water partition coefficient (Wildman–Crippen LogP) is 6.04. The van der Waals surface area contributed by atoms with E-state index in [0.29, 0.717) is 31.4 Å². The standard InChI is InChI=1S/C24H26F7NO3/c25-22(26)24(30,31)35-20-12-5-4-7-16(20)14-32(15-21(33)23(27,28)29)17-8-6-11-19(13-17)34-18-9-2-1-3-10-18/h1-5,7,9-10,12,17,19,21-22,33H,6,8,11,13-15H2. The summed E-state index contributed by atoms with van der Waals surface area (Å²) in [6, 6.07) is 13.5. The van der Waals surface area contributed by atoms with Crippen LogP contribution in [-0.2, 0) is 6.54 Å². The van der Waals surface area contributed by atoms with Gasteiger partial charge in [-0.3, -0.25) is 4.90 Å². The van der Waals surface area contributed by atoms with Crippen molar-refractivity contribution in [2.75, 3.05) is 6.54 Å². The van der Waals surface area contributed by atoms with Crippen LogP contribution in [0.25, 0.3) is 0 Å². The van der Waals surface area contributed by atoms with Crippen molar-refractivity contribution < 1.29 is 45.3 Å². The van der Waals surface area contributed by atoms with Crippen LogP contribution in [0.5, 0.6) is 11.5 Å². The maximum atomic E-state index is 13.5. The highest BCUT2D eigenvalue weighted by atomic mass is 19.4. The second-order valence-electron chi connectivity index (χ2n) is 8.43. The van der Waals surface area contributed by atoms with Crippen molar-refractivity contribution in [3.05, 3.63) is 60.2 Å². The third kappa shape index (κ3) is 7.73. The molecule has 3 unspecified atom stereocenters. The van der Waals surface area contributed by atoms with E-state index >= 15 is 0 Å². The normalized spacial score (nSPS) is 20.2. The largest absolute Gasteiger partial charge is 0.490 e. The first kappa shape index (κ1) is 27.1. The summed E-state index contributed by atoms with van der Waals surface area (Å²) in [7, 11) is 0. The summed E-state index contributed by atoms with van der Waals surface area (Å²) in [4.78, 5) is 1.32. The molecule has 1 aliphatic rings. The summed E-state index contributed by atoms with van der Waals surface area (Å²) in [5.41, 5.74) is -0.00620. The highest BCUT2D eigenvalue weighted by Gasteiger charge is 2.45. The molecule has 4 nitrogen and oxygen atoms in total. The van der Waals surface area contributed by atoms with E-state index in [4.69, 9.17) is 4.74 Å². The van der Waals surface area contributed by atoms with E-state index in [2.05, 4.69) is 4.74 Å². The van der Waals surface area contributed by atoms with Gasteiger partial charge < -0.3 is 14.6 Å². The fraction of sp³-hybridized carbons (Fsp3) is 0.500. The average Bonchev–Trinajstić information content (AvgIpc) is 2.79. The van der Waals surface area contributed by atoms with E-state index in [9.17, 15) is 35.8 Å². The molecule has 0 spiro atoms. The number of alkyl halides is 7. The van der Waals surface area contributed by atoms with Gasteiger partial charge in [0.25, 0.3) is 0 Å². The van der Waals surface area contributed by atoms with Crippen molar-refractivity contribution in [3.63, 3.8) is 0 Å². The minimum atomic E-state index is -4.90. The molecule has 0 saturated heterocycles. The van der Waals surface area contributed by atoms with Gasteiger partial charge in [-0.2, -0.15) is 30.7 Å². The smallest absolute Gasteiger partial charge is 0.461 e. The van der Waals surface area contributed by atoms with Gasteiger partial charge in [0.15, 0.2) is 6.10 Å². The van der Waals surface area contributed by atoms with Crippen molar-refractivity contribution in [1.29, 1.82) is 0 Å². The third-order valence-electron chi connectivity index (χ3n) is 5.79. The lowest BCUT2D eigenvalue weighted by Gasteiger charge is -2.39. The highest BCUT2D eigenvalue weighted by molar-refractivity contribution is 5.33. The molecule has 0 radical (unpaired) electrons. The van der Waals surface area contributed by atoms with Gasteiger partial charge in [-0.15, -0.1) is 0 Å². The summed E-state index contributed by atoms with van der Waals surface area (Å²) < 4.78 is 102. The molecule has 0 amide bonds. The molecule has 0 aromatic heterocycles. The molecule has 1 N–H and O–H groups in total. The van der Waals surface area contributed by atoms with Crippen molar-refractivity contribution in [3.8, 4) is 11.5 Å². The van der Waals surface area contributed by atoms with Gasteiger partial charge in [0.1, 0.15) is 17.6 Å². The summed E-state index contributed by atoms with van der Waals surface area (Å²) in [6.45, 7) is -1.16. The van der Waals surface area contributed by atoms with Crippen molar-refractivity contribution in [2.45, 2.75) is 69.2 Å². The van der Waals surface area contributed by atoms with Crippen LogP contribution < -0.4 is 9.47 Å². The van der Waals surface area contributed by atoms with Gasteiger partial charge in [0.2, 0.25) is 0 Å². The number of halogens is 7. The zero-order valence-corrected chi connectivity index (χ0v) is 18.6. The van der Waals surface area contributed by atoms with Gasteiger partial charge in [0.05, 0.1) is 0 Å². The molecule has 3 atom stereocenters. The number of hydrogen-bond acceptors (Lipinski definition) is 4. The summed E-state index contributed by atoms with van der Waals surface area (Å²) >= 11 is 0. The molecule has 3 rings (SSSR count). The SMILES string of the molecule is OC(CN(Cc1ccccc1OC(F)(F)C(F)F)C1CCCC(Oc2ccccc2)C1)C(F)(F)F. The van der Waals surface area contributed by atoms with Crippen molar-refractivity contribution in [1.82, 2.24) is 4.90 Å². The molecule has 0 bridgehead atoms. The minimum Gasteiger partial charge on any atom is -0.490 e. The Morgan fingerprint density at radius 3 is 2.26 bits per heavy atom. The Kier molecular flexibility index (Phi) is 8.87. The Balaban J connectivity index is 1.81. The molecular formula is C24H26F7NO3. The monoisotopic (exact) mass is 509 g/mol. The van der Waals surface area contributed by atoms with E-state index in [-0.39, 0.29) is 18.2 Å². The molecule has 35 heavy (non-hydrogen) atoms. The highest BCUT2D eigenvalue weighted by Crippen LogP contribution is 2.34. The van der Waals surface area contributed by atoms with E-state index in [1.54, 1.807) is 24.3 Å². The fourth-order valence-corrected chi connectivity index (χ4v) is 4.06. The Hall–Kier alpha value is -2.53. The zero-order valence-electron chi connectivity index (χ0n) is 18.6. The van der Waals surface area contributed by atoms with Crippen molar-refractivity contribution in [2.24, 2.45) is 0 Å². The zero-order chi connectivity index (χ0) is 25.6. The predicted molar refractivity (Wildman–Crippen MR) is 114 cm³/mol. The first-order valence-electron chi connectivity index (χ1n) is 11.1. The van der Waals surface area contributed by atoms with Gasteiger partial charge in [0, 0.05) is 24.7 Å². The van der Waals surface area contributed by atoms with Crippen LogP contribution >= 0.6 is 0 Å². The lowest BCUT2D eigenvalue weighted by atomic mass is 9.91. The molecular weight excluding hydrogens is 483 g/mol. The molecule has 1 saturated carbocycles. The topological polar surface area (TPSA) is 41.9 Å². The Bertz CT molecular complexity index is 927. The van der Waals surface area contributed by atoms with Crippen LogP contribution in [0.4, 0.5) is 30.7 Å². The molecule has 1 aliphatic carbocycles. The number of nitrogens with zero attached hydrogens (tertiary/aromatic N) is 1. The summed E-state index contributed by atoms with van der Waals surface area (Å²) in [5, 5.41) is 9.75. The van der Waals surface area contributed by atoms with Crippen LogP contribution in [0.15, 0.2) is 54.6 Å². The van der Waals surface area contributed by atoms with Gasteiger partial charge in [-0.05, 0) is 43.9 Å². The lowest BCUT2D eigenvalue weighted by molar-refractivity contribution is -0.253. The number of benzene rings is 2. The van der Waals surface area contributed by atoms with Crippen LogP contribution in [0.1, 0.15) is 31.2 Å². The van der Waals surface area contributed by atoms with Gasteiger partial charge in [-0.25, -0.2) is 0 Å². The van der Waals surface area contributed by atoms with Gasteiger partial charge in [-0.1, -0.05) is 36.4 Å². The first-order chi connectivity index (χ1) is 16.5. The molecule has 0 aliphatic heterocycles. The Morgan fingerprint density at radius 2 is 1.60 bits per heavy atom. The number of rotatable bonds is 10.